The second kappa shape index (κ2) is 6.27. The molecule has 0 unspecified atom stereocenters. The molecule has 110 valence electrons. The van der Waals surface area contributed by atoms with E-state index in [0.717, 1.165) is 23.5 Å². The Morgan fingerprint density at radius 3 is 2.71 bits per heavy atom. The van der Waals surface area contributed by atoms with Crippen LogP contribution in [0.3, 0.4) is 0 Å². The normalized spacial score (nSPS) is 10.2. The number of urea groups is 1. The first-order valence-electron chi connectivity index (χ1n) is 5.63. The molecule has 2 rings (SSSR count). The van der Waals surface area contributed by atoms with Crippen LogP contribution in [0.15, 0.2) is 23.6 Å². The first-order chi connectivity index (χ1) is 9.95. The fraction of sp³-hybridized carbons (Fsp3) is 0.0833. The number of carbonyl (C=O) groups excluding carboxylic acids is 1. The van der Waals surface area contributed by atoms with Gasteiger partial charge in [-0.1, -0.05) is 0 Å². The summed E-state index contributed by atoms with van der Waals surface area (Å²) < 4.78 is 26.0. The average molecular weight is 313 g/mol. The third-order valence-corrected chi connectivity index (χ3v) is 3.20. The van der Waals surface area contributed by atoms with Gasteiger partial charge in [-0.05, 0) is 12.1 Å². The number of benzene rings is 1. The molecule has 0 radical (unpaired) electrons. The molecule has 2 amide bonds. The smallest absolute Gasteiger partial charge is 0.355 e. The third kappa shape index (κ3) is 3.96. The van der Waals surface area contributed by atoms with Crippen LogP contribution in [0.5, 0.6) is 0 Å². The Morgan fingerprint density at radius 1 is 1.33 bits per heavy atom. The van der Waals surface area contributed by atoms with E-state index in [1.807, 2.05) is 0 Å². The van der Waals surface area contributed by atoms with Crippen molar-refractivity contribution < 1.29 is 23.5 Å². The maximum atomic E-state index is 13.3. The Kier molecular flexibility index (Phi) is 4.43. The van der Waals surface area contributed by atoms with Crippen molar-refractivity contribution in [1.29, 1.82) is 0 Å². The second-order valence-corrected chi connectivity index (χ2v) is 4.81. The van der Waals surface area contributed by atoms with Crippen molar-refractivity contribution in [1.82, 2.24) is 10.3 Å². The molecule has 21 heavy (non-hydrogen) atoms. The van der Waals surface area contributed by atoms with Crippen molar-refractivity contribution >= 4 is 29.0 Å². The zero-order valence-corrected chi connectivity index (χ0v) is 11.2. The minimum atomic E-state index is -1.16. The number of thiazole rings is 1. The number of hydrogen-bond acceptors (Lipinski definition) is 4. The number of halogens is 2. The molecule has 1 aromatic carbocycles. The number of aromatic carboxylic acids is 1. The minimum absolute atomic E-state index is 0.00735. The van der Waals surface area contributed by atoms with Crippen LogP contribution in [0.25, 0.3) is 0 Å². The molecule has 2 aromatic rings. The summed E-state index contributed by atoms with van der Waals surface area (Å²) in [6.45, 7) is -0.00735. The summed E-state index contributed by atoms with van der Waals surface area (Å²) >= 11 is 1.07. The molecule has 0 saturated heterocycles. The Morgan fingerprint density at radius 2 is 2.10 bits per heavy atom. The maximum absolute atomic E-state index is 13.3. The van der Waals surface area contributed by atoms with Gasteiger partial charge in [0, 0.05) is 11.4 Å². The van der Waals surface area contributed by atoms with Gasteiger partial charge < -0.3 is 15.7 Å². The number of rotatable bonds is 4. The van der Waals surface area contributed by atoms with Crippen molar-refractivity contribution in [2.45, 2.75) is 6.54 Å². The fourth-order valence-corrected chi connectivity index (χ4v) is 2.11. The lowest BCUT2D eigenvalue weighted by molar-refractivity contribution is 0.0691. The van der Waals surface area contributed by atoms with Crippen molar-refractivity contribution in [2.24, 2.45) is 0 Å². The van der Waals surface area contributed by atoms with Crippen LogP contribution in [0.4, 0.5) is 19.3 Å². The highest BCUT2D eigenvalue weighted by molar-refractivity contribution is 7.09. The molecule has 0 aliphatic heterocycles. The topological polar surface area (TPSA) is 91.3 Å². The van der Waals surface area contributed by atoms with Crippen LogP contribution >= 0.6 is 11.3 Å². The van der Waals surface area contributed by atoms with Gasteiger partial charge in [0.05, 0.1) is 12.2 Å². The Hall–Kier alpha value is -2.55. The molecule has 0 atom stereocenters. The van der Waals surface area contributed by atoms with Gasteiger partial charge >= 0.3 is 12.0 Å². The first kappa shape index (κ1) is 14.9. The zero-order valence-electron chi connectivity index (χ0n) is 10.4. The number of aromatic nitrogens is 1. The molecular weight excluding hydrogens is 304 g/mol. The van der Waals surface area contributed by atoms with Crippen LogP contribution in [0.2, 0.25) is 0 Å². The van der Waals surface area contributed by atoms with Gasteiger partial charge in [-0.15, -0.1) is 11.3 Å². The highest BCUT2D eigenvalue weighted by Gasteiger charge is 2.11. The molecule has 0 aliphatic carbocycles. The summed E-state index contributed by atoms with van der Waals surface area (Å²) in [6.07, 6.45) is 0. The molecule has 0 bridgehead atoms. The molecule has 1 heterocycles. The molecule has 0 saturated carbocycles. The standard InChI is InChI=1S/C12H9F2N3O3S/c13-6-1-2-8(7(14)3-6)17-12(20)15-4-10-16-9(5-21-10)11(18)19/h1-3,5H,4H2,(H,18,19)(H2,15,17,20). The van der Waals surface area contributed by atoms with Gasteiger partial charge in [-0.25, -0.2) is 23.4 Å². The maximum Gasteiger partial charge on any atom is 0.355 e. The van der Waals surface area contributed by atoms with Crippen molar-refractivity contribution in [2.75, 3.05) is 5.32 Å². The predicted octanol–water partition coefficient (Wildman–Crippen LogP) is 2.44. The van der Waals surface area contributed by atoms with Gasteiger partial charge in [-0.3, -0.25) is 0 Å². The van der Waals surface area contributed by atoms with E-state index < -0.39 is 23.6 Å². The van der Waals surface area contributed by atoms with E-state index in [4.69, 9.17) is 5.11 Å². The lowest BCUT2D eigenvalue weighted by Gasteiger charge is -2.07. The molecule has 3 N–H and O–H groups in total. The molecule has 0 aliphatic rings. The Bertz CT molecular complexity index is 690. The van der Waals surface area contributed by atoms with E-state index in [-0.39, 0.29) is 17.9 Å². The van der Waals surface area contributed by atoms with E-state index in [1.54, 1.807) is 0 Å². The van der Waals surface area contributed by atoms with E-state index in [1.165, 1.54) is 5.38 Å². The number of hydrogen-bond donors (Lipinski definition) is 3. The molecular formula is C12H9F2N3O3S. The van der Waals surface area contributed by atoms with Gasteiger partial charge in [-0.2, -0.15) is 0 Å². The predicted molar refractivity (Wildman–Crippen MR) is 71.3 cm³/mol. The molecule has 0 spiro atoms. The van der Waals surface area contributed by atoms with E-state index in [9.17, 15) is 18.4 Å². The van der Waals surface area contributed by atoms with E-state index in [0.29, 0.717) is 11.1 Å². The minimum Gasteiger partial charge on any atom is -0.476 e. The second-order valence-electron chi connectivity index (χ2n) is 3.86. The average Bonchev–Trinajstić information content (AvgIpc) is 2.89. The van der Waals surface area contributed by atoms with Crippen molar-refractivity contribution in [3.63, 3.8) is 0 Å². The van der Waals surface area contributed by atoms with Gasteiger partial charge in [0.25, 0.3) is 0 Å². The van der Waals surface area contributed by atoms with Crippen LogP contribution in [0.1, 0.15) is 15.5 Å². The Balaban J connectivity index is 1.91. The highest BCUT2D eigenvalue weighted by Crippen LogP contribution is 2.15. The summed E-state index contributed by atoms with van der Waals surface area (Å²) in [5, 5.41) is 15.0. The van der Waals surface area contributed by atoms with Crippen LogP contribution in [-0.2, 0) is 6.54 Å². The van der Waals surface area contributed by atoms with E-state index >= 15 is 0 Å². The number of amides is 2. The molecule has 0 fully saturated rings. The zero-order chi connectivity index (χ0) is 15.4. The van der Waals surface area contributed by atoms with Crippen molar-refractivity contribution in [3.05, 3.63) is 45.9 Å². The summed E-state index contributed by atoms with van der Waals surface area (Å²) in [5.41, 5.74) is -0.277. The number of anilines is 1. The summed E-state index contributed by atoms with van der Waals surface area (Å²) in [6, 6.07) is 2.04. The summed E-state index contributed by atoms with van der Waals surface area (Å²) in [4.78, 5) is 25.9. The van der Waals surface area contributed by atoms with Gasteiger partial charge in [0.2, 0.25) is 0 Å². The largest absolute Gasteiger partial charge is 0.476 e. The third-order valence-electron chi connectivity index (χ3n) is 2.35. The highest BCUT2D eigenvalue weighted by atomic mass is 32.1. The quantitative estimate of drug-likeness (QED) is 0.808. The van der Waals surface area contributed by atoms with Crippen LogP contribution in [0, 0.1) is 11.6 Å². The first-order valence-corrected chi connectivity index (χ1v) is 6.51. The lowest BCUT2D eigenvalue weighted by Crippen LogP contribution is -2.28. The van der Waals surface area contributed by atoms with Gasteiger partial charge in [0.15, 0.2) is 5.69 Å². The Labute approximate surface area is 121 Å². The summed E-state index contributed by atoms with van der Waals surface area (Å²) in [7, 11) is 0. The monoisotopic (exact) mass is 313 g/mol. The number of nitrogens with one attached hydrogen (secondary N) is 2. The van der Waals surface area contributed by atoms with Crippen LogP contribution < -0.4 is 10.6 Å². The fourth-order valence-electron chi connectivity index (χ4n) is 1.40. The molecule has 1 aromatic heterocycles. The van der Waals surface area contributed by atoms with E-state index in [2.05, 4.69) is 15.6 Å². The number of nitrogens with zero attached hydrogens (tertiary/aromatic N) is 1. The SMILES string of the molecule is O=C(NCc1nc(C(=O)O)cs1)Nc1ccc(F)cc1F. The van der Waals surface area contributed by atoms with Crippen LogP contribution in [-0.4, -0.2) is 22.1 Å². The van der Waals surface area contributed by atoms with Crippen molar-refractivity contribution in [3.8, 4) is 0 Å². The summed E-state index contributed by atoms with van der Waals surface area (Å²) in [5.74, 6) is -2.80. The lowest BCUT2D eigenvalue weighted by atomic mass is 10.3. The number of carbonyl (C=O) groups is 2. The van der Waals surface area contributed by atoms with Gasteiger partial charge in [0.1, 0.15) is 16.6 Å². The number of carboxylic acids is 1. The molecule has 9 heteroatoms. The number of carboxylic acid groups (broad SMARTS) is 1. The molecule has 6 nitrogen and oxygen atoms in total.